The molecule has 0 aliphatic heterocycles. The molecule has 2 heteroatoms. The SMILES string of the molecule is CCC(C)NCC(CCO)c1ccccc1. The summed E-state index contributed by atoms with van der Waals surface area (Å²) >= 11 is 0. The number of hydrogen-bond acceptors (Lipinski definition) is 2. The van der Waals surface area contributed by atoms with Gasteiger partial charge in [0, 0.05) is 19.2 Å². The van der Waals surface area contributed by atoms with Crippen molar-refractivity contribution < 1.29 is 5.11 Å². The molecule has 2 N–H and O–H groups in total. The van der Waals surface area contributed by atoms with Crippen molar-refractivity contribution in [1.82, 2.24) is 5.32 Å². The predicted octanol–water partition coefficient (Wildman–Crippen LogP) is 2.54. The van der Waals surface area contributed by atoms with Gasteiger partial charge < -0.3 is 10.4 Å². The van der Waals surface area contributed by atoms with Gasteiger partial charge in [0.1, 0.15) is 0 Å². The molecule has 0 amide bonds. The molecule has 0 saturated carbocycles. The van der Waals surface area contributed by atoms with Crippen LogP contribution in [-0.4, -0.2) is 24.3 Å². The maximum absolute atomic E-state index is 9.09. The average Bonchev–Trinajstić information content (AvgIpc) is 2.35. The summed E-state index contributed by atoms with van der Waals surface area (Å²) in [6.45, 7) is 5.57. The maximum Gasteiger partial charge on any atom is 0.0437 e. The highest BCUT2D eigenvalue weighted by molar-refractivity contribution is 5.19. The van der Waals surface area contributed by atoms with E-state index in [1.165, 1.54) is 5.56 Å². The first kappa shape index (κ1) is 13.2. The number of benzene rings is 1. The second kappa shape index (κ2) is 7.42. The first-order valence-electron chi connectivity index (χ1n) is 6.17. The molecule has 0 radical (unpaired) electrons. The van der Waals surface area contributed by atoms with Crippen LogP contribution in [0.2, 0.25) is 0 Å². The lowest BCUT2D eigenvalue weighted by Crippen LogP contribution is -2.30. The van der Waals surface area contributed by atoms with Crippen molar-refractivity contribution in [3.8, 4) is 0 Å². The summed E-state index contributed by atoms with van der Waals surface area (Å²) in [6, 6.07) is 11.0. The van der Waals surface area contributed by atoms with Crippen LogP contribution in [0.3, 0.4) is 0 Å². The molecule has 90 valence electrons. The van der Waals surface area contributed by atoms with Crippen LogP contribution in [0.25, 0.3) is 0 Å². The van der Waals surface area contributed by atoms with Gasteiger partial charge in [-0.3, -0.25) is 0 Å². The number of nitrogens with one attached hydrogen (secondary N) is 1. The van der Waals surface area contributed by atoms with Crippen LogP contribution < -0.4 is 5.32 Å². The zero-order valence-electron chi connectivity index (χ0n) is 10.3. The summed E-state index contributed by atoms with van der Waals surface area (Å²) in [5.41, 5.74) is 1.31. The van der Waals surface area contributed by atoms with Crippen molar-refractivity contribution in [1.29, 1.82) is 0 Å². The molecule has 0 aromatic heterocycles. The lowest BCUT2D eigenvalue weighted by atomic mass is 9.95. The molecular weight excluding hydrogens is 198 g/mol. The van der Waals surface area contributed by atoms with Crippen molar-refractivity contribution in [2.45, 2.75) is 38.6 Å². The molecule has 1 aromatic rings. The Hall–Kier alpha value is -0.860. The molecule has 0 heterocycles. The Balaban J connectivity index is 2.54. The van der Waals surface area contributed by atoms with E-state index < -0.39 is 0 Å². The van der Waals surface area contributed by atoms with E-state index in [4.69, 9.17) is 5.11 Å². The molecule has 0 fully saturated rings. The number of aliphatic hydroxyl groups excluding tert-OH is 1. The Morgan fingerprint density at radius 1 is 1.25 bits per heavy atom. The van der Waals surface area contributed by atoms with Gasteiger partial charge in [-0.25, -0.2) is 0 Å². The van der Waals surface area contributed by atoms with Gasteiger partial charge in [0.25, 0.3) is 0 Å². The molecule has 0 bridgehead atoms. The van der Waals surface area contributed by atoms with E-state index in [-0.39, 0.29) is 6.61 Å². The van der Waals surface area contributed by atoms with E-state index >= 15 is 0 Å². The van der Waals surface area contributed by atoms with Crippen molar-refractivity contribution in [2.24, 2.45) is 0 Å². The highest BCUT2D eigenvalue weighted by atomic mass is 16.3. The van der Waals surface area contributed by atoms with Gasteiger partial charge in [0.15, 0.2) is 0 Å². The van der Waals surface area contributed by atoms with E-state index in [1.807, 2.05) is 6.07 Å². The van der Waals surface area contributed by atoms with E-state index in [9.17, 15) is 0 Å². The first-order chi connectivity index (χ1) is 7.77. The molecule has 2 nitrogen and oxygen atoms in total. The third kappa shape index (κ3) is 4.33. The van der Waals surface area contributed by atoms with Gasteiger partial charge in [0.05, 0.1) is 0 Å². The summed E-state index contributed by atoms with van der Waals surface area (Å²) < 4.78 is 0. The number of aliphatic hydroxyl groups is 1. The van der Waals surface area contributed by atoms with Crippen LogP contribution in [0.5, 0.6) is 0 Å². The lowest BCUT2D eigenvalue weighted by molar-refractivity contribution is 0.272. The summed E-state index contributed by atoms with van der Waals surface area (Å²) in [6.07, 6.45) is 1.97. The Kier molecular flexibility index (Phi) is 6.12. The van der Waals surface area contributed by atoms with Crippen LogP contribution in [-0.2, 0) is 0 Å². The van der Waals surface area contributed by atoms with E-state index in [0.29, 0.717) is 12.0 Å². The minimum Gasteiger partial charge on any atom is -0.396 e. The fraction of sp³-hybridized carbons (Fsp3) is 0.571. The topological polar surface area (TPSA) is 32.3 Å². The van der Waals surface area contributed by atoms with Crippen molar-refractivity contribution in [2.75, 3.05) is 13.2 Å². The van der Waals surface area contributed by atoms with Crippen molar-refractivity contribution >= 4 is 0 Å². The summed E-state index contributed by atoms with van der Waals surface area (Å²) in [5, 5.41) is 12.6. The smallest absolute Gasteiger partial charge is 0.0437 e. The fourth-order valence-corrected chi connectivity index (χ4v) is 1.76. The fourth-order valence-electron chi connectivity index (χ4n) is 1.76. The van der Waals surface area contributed by atoms with Gasteiger partial charge in [-0.2, -0.15) is 0 Å². The predicted molar refractivity (Wildman–Crippen MR) is 68.6 cm³/mol. The van der Waals surface area contributed by atoms with Crippen molar-refractivity contribution in [3.63, 3.8) is 0 Å². The lowest BCUT2D eigenvalue weighted by Gasteiger charge is -2.19. The average molecular weight is 221 g/mol. The van der Waals surface area contributed by atoms with Crippen LogP contribution >= 0.6 is 0 Å². The standard InChI is InChI=1S/C14H23NO/c1-3-12(2)15-11-14(9-10-16)13-7-5-4-6-8-13/h4-8,12,14-16H,3,9-11H2,1-2H3. The van der Waals surface area contributed by atoms with Crippen molar-refractivity contribution in [3.05, 3.63) is 35.9 Å². The third-order valence-corrected chi connectivity index (χ3v) is 3.07. The molecule has 1 aromatic carbocycles. The Labute approximate surface area is 98.7 Å². The molecule has 0 spiro atoms. The van der Waals surface area contributed by atoms with E-state index in [2.05, 4.69) is 43.4 Å². The summed E-state index contributed by atoms with van der Waals surface area (Å²) in [7, 11) is 0. The quantitative estimate of drug-likeness (QED) is 0.741. The normalized spacial score (nSPS) is 14.7. The van der Waals surface area contributed by atoms with Crippen LogP contribution in [0.4, 0.5) is 0 Å². The summed E-state index contributed by atoms with van der Waals surface area (Å²) in [5.74, 6) is 0.417. The minimum atomic E-state index is 0.252. The van der Waals surface area contributed by atoms with Crippen LogP contribution in [0.1, 0.15) is 38.2 Å². The third-order valence-electron chi connectivity index (χ3n) is 3.07. The Bertz CT molecular complexity index is 273. The maximum atomic E-state index is 9.09. The minimum absolute atomic E-state index is 0.252. The second-order valence-corrected chi connectivity index (χ2v) is 4.34. The highest BCUT2D eigenvalue weighted by Gasteiger charge is 2.11. The Morgan fingerprint density at radius 3 is 2.50 bits per heavy atom. The molecule has 0 aliphatic rings. The van der Waals surface area contributed by atoms with E-state index in [1.54, 1.807) is 0 Å². The molecule has 1 rings (SSSR count). The summed E-state index contributed by atoms with van der Waals surface area (Å²) in [4.78, 5) is 0. The monoisotopic (exact) mass is 221 g/mol. The molecule has 16 heavy (non-hydrogen) atoms. The first-order valence-corrected chi connectivity index (χ1v) is 6.17. The van der Waals surface area contributed by atoms with E-state index in [0.717, 1.165) is 19.4 Å². The molecule has 0 saturated heterocycles. The van der Waals surface area contributed by atoms with Gasteiger partial charge in [-0.1, -0.05) is 37.3 Å². The zero-order chi connectivity index (χ0) is 11.8. The zero-order valence-corrected chi connectivity index (χ0v) is 10.3. The largest absolute Gasteiger partial charge is 0.396 e. The highest BCUT2D eigenvalue weighted by Crippen LogP contribution is 2.18. The Morgan fingerprint density at radius 2 is 1.94 bits per heavy atom. The molecule has 2 atom stereocenters. The molecule has 2 unspecified atom stereocenters. The van der Waals surface area contributed by atoms with Gasteiger partial charge >= 0.3 is 0 Å². The number of hydrogen-bond donors (Lipinski definition) is 2. The number of rotatable bonds is 7. The van der Waals surface area contributed by atoms with Crippen LogP contribution in [0, 0.1) is 0 Å². The van der Waals surface area contributed by atoms with Gasteiger partial charge in [-0.05, 0) is 31.2 Å². The van der Waals surface area contributed by atoms with Gasteiger partial charge in [-0.15, -0.1) is 0 Å². The molecular formula is C14H23NO. The molecule has 0 aliphatic carbocycles. The second-order valence-electron chi connectivity index (χ2n) is 4.34. The van der Waals surface area contributed by atoms with Crippen LogP contribution in [0.15, 0.2) is 30.3 Å². The van der Waals surface area contributed by atoms with Gasteiger partial charge in [0.2, 0.25) is 0 Å².